The number of nitrogens with zero attached hydrogens (tertiary/aromatic N) is 1. The first-order valence-corrected chi connectivity index (χ1v) is 7.20. The van der Waals surface area contributed by atoms with Crippen molar-refractivity contribution in [1.29, 1.82) is 0 Å². The van der Waals surface area contributed by atoms with Gasteiger partial charge in [-0.25, -0.2) is 5.84 Å². The molecule has 0 unspecified atom stereocenters. The molecule has 0 spiro atoms. The smallest absolute Gasteiger partial charge is 0.301 e. The molecule has 4 N–H and O–H groups in total. The van der Waals surface area contributed by atoms with Crippen LogP contribution in [0.15, 0.2) is 10.5 Å². The van der Waals surface area contributed by atoms with Crippen LogP contribution >= 0.6 is 0 Å². The van der Waals surface area contributed by atoms with Crippen molar-refractivity contribution in [3.05, 3.63) is 23.2 Å². The number of amides is 1. The number of nitrogens with two attached hydrogens (primary N) is 1. The third-order valence-electron chi connectivity index (χ3n) is 3.90. The van der Waals surface area contributed by atoms with Crippen LogP contribution in [-0.2, 0) is 6.54 Å². The Hall–Kier alpha value is -1.37. The molecule has 1 aromatic heterocycles. The number of hydrogen-bond acceptors (Lipinski definition) is 5. The summed E-state index contributed by atoms with van der Waals surface area (Å²) in [6.45, 7) is 7.87. The molecule has 0 atom stereocenters. The summed E-state index contributed by atoms with van der Waals surface area (Å²) in [5.41, 5.74) is 2.93. The number of hydrogen-bond donors (Lipinski definition) is 3. The summed E-state index contributed by atoms with van der Waals surface area (Å²) in [4.78, 5) is 14.0. The number of piperidine rings is 1. The lowest BCUT2D eigenvalue weighted by atomic mass is 10.0. The topological polar surface area (TPSA) is 83.5 Å². The van der Waals surface area contributed by atoms with E-state index in [4.69, 9.17) is 10.3 Å². The Morgan fingerprint density at radius 2 is 2.25 bits per heavy atom. The Morgan fingerprint density at radius 1 is 1.55 bits per heavy atom. The largest absolute Gasteiger partial charge is 0.454 e. The van der Waals surface area contributed by atoms with Crippen LogP contribution < -0.4 is 16.6 Å². The van der Waals surface area contributed by atoms with E-state index in [1.54, 1.807) is 0 Å². The van der Waals surface area contributed by atoms with Crippen molar-refractivity contribution in [2.75, 3.05) is 19.6 Å². The van der Waals surface area contributed by atoms with Gasteiger partial charge < -0.3 is 9.73 Å². The maximum absolute atomic E-state index is 11.6. The van der Waals surface area contributed by atoms with Crippen LogP contribution in [0.5, 0.6) is 0 Å². The molecule has 0 aromatic carbocycles. The fourth-order valence-corrected chi connectivity index (χ4v) is 2.79. The van der Waals surface area contributed by atoms with Crippen molar-refractivity contribution >= 4 is 5.91 Å². The Balaban J connectivity index is 2.05. The van der Waals surface area contributed by atoms with E-state index in [9.17, 15) is 4.79 Å². The van der Waals surface area contributed by atoms with E-state index in [1.807, 2.05) is 13.0 Å². The summed E-state index contributed by atoms with van der Waals surface area (Å²) in [6.07, 6.45) is 2.31. The lowest BCUT2D eigenvalue weighted by Crippen LogP contribution is -2.42. The zero-order chi connectivity index (χ0) is 14.5. The molecule has 1 fully saturated rings. The molecule has 20 heavy (non-hydrogen) atoms. The number of carbonyl (C=O) groups excluding carboxylic acids is 1. The molecule has 1 amide bonds. The standard InChI is InChI=1S/C14H24N4O2/c1-3-18(11-4-6-16-7-5-11)9-12-8-10(2)13(20-12)14(19)17-15/h8,11,16H,3-7,9,15H2,1-2H3,(H,17,19). The van der Waals surface area contributed by atoms with Gasteiger partial charge in [-0.1, -0.05) is 6.92 Å². The molecule has 1 aliphatic rings. The number of aryl methyl sites for hydroxylation is 1. The van der Waals surface area contributed by atoms with Gasteiger partial charge in [0.05, 0.1) is 6.54 Å². The molecule has 1 aliphatic heterocycles. The number of rotatable bonds is 5. The molecule has 0 radical (unpaired) electrons. The number of furan rings is 1. The predicted molar refractivity (Wildman–Crippen MR) is 77.1 cm³/mol. The summed E-state index contributed by atoms with van der Waals surface area (Å²) in [5.74, 6) is 5.90. The van der Waals surface area contributed by atoms with Gasteiger partial charge >= 0.3 is 5.91 Å². The van der Waals surface area contributed by atoms with E-state index in [1.165, 1.54) is 0 Å². The van der Waals surface area contributed by atoms with Gasteiger partial charge in [0, 0.05) is 11.6 Å². The van der Waals surface area contributed by atoms with Crippen LogP contribution in [0.2, 0.25) is 0 Å². The van der Waals surface area contributed by atoms with Gasteiger partial charge in [-0.15, -0.1) is 0 Å². The van der Waals surface area contributed by atoms with Crippen LogP contribution in [0.3, 0.4) is 0 Å². The van der Waals surface area contributed by atoms with E-state index < -0.39 is 0 Å². The number of hydrazine groups is 1. The first kappa shape index (κ1) is 15.0. The van der Waals surface area contributed by atoms with Crippen LogP contribution in [0.25, 0.3) is 0 Å². The second-order valence-corrected chi connectivity index (χ2v) is 5.24. The van der Waals surface area contributed by atoms with Gasteiger partial charge in [-0.05, 0) is 45.5 Å². The summed E-state index contributed by atoms with van der Waals surface area (Å²) >= 11 is 0. The third kappa shape index (κ3) is 3.39. The molecule has 1 saturated heterocycles. The van der Waals surface area contributed by atoms with E-state index >= 15 is 0 Å². The quantitative estimate of drug-likeness (QED) is 0.421. The molecule has 2 heterocycles. The van der Waals surface area contributed by atoms with Crippen LogP contribution in [-0.4, -0.2) is 36.5 Å². The molecule has 112 valence electrons. The van der Waals surface area contributed by atoms with Gasteiger partial charge in [0.1, 0.15) is 5.76 Å². The highest BCUT2D eigenvalue weighted by atomic mass is 16.4. The molecule has 6 heteroatoms. The van der Waals surface area contributed by atoms with E-state index in [0.717, 1.165) is 50.3 Å². The molecule has 0 saturated carbocycles. The van der Waals surface area contributed by atoms with Gasteiger partial charge in [-0.3, -0.25) is 15.1 Å². The number of nitrogen functional groups attached to an aromatic ring is 1. The van der Waals surface area contributed by atoms with E-state index in [0.29, 0.717) is 11.8 Å². The Bertz CT molecular complexity index is 452. The monoisotopic (exact) mass is 280 g/mol. The SMILES string of the molecule is CCN(Cc1cc(C)c(C(=O)NN)o1)C1CCNCC1. The lowest BCUT2D eigenvalue weighted by molar-refractivity contribution is 0.0918. The zero-order valence-electron chi connectivity index (χ0n) is 12.2. The first-order valence-electron chi connectivity index (χ1n) is 7.20. The summed E-state index contributed by atoms with van der Waals surface area (Å²) in [7, 11) is 0. The average Bonchev–Trinajstić information content (AvgIpc) is 2.85. The number of nitrogens with one attached hydrogen (secondary N) is 2. The molecular weight excluding hydrogens is 256 g/mol. The normalized spacial score (nSPS) is 16.6. The van der Waals surface area contributed by atoms with Crippen molar-refractivity contribution in [3.63, 3.8) is 0 Å². The molecule has 1 aromatic rings. The minimum absolute atomic E-state index is 0.309. The fourth-order valence-electron chi connectivity index (χ4n) is 2.79. The summed E-state index contributed by atoms with van der Waals surface area (Å²) in [6, 6.07) is 2.51. The van der Waals surface area contributed by atoms with Crippen molar-refractivity contribution in [2.45, 2.75) is 39.3 Å². The fraction of sp³-hybridized carbons (Fsp3) is 0.643. The van der Waals surface area contributed by atoms with Crippen molar-refractivity contribution in [3.8, 4) is 0 Å². The Kier molecular flexibility index (Phi) is 5.17. The zero-order valence-corrected chi connectivity index (χ0v) is 12.2. The van der Waals surface area contributed by atoms with Crippen molar-refractivity contribution in [2.24, 2.45) is 5.84 Å². The predicted octanol–water partition coefficient (Wildman–Crippen LogP) is 0.765. The van der Waals surface area contributed by atoms with Crippen molar-refractivity contribution in [1.82, 2.24) is 15.6 Å². The van der Waals surface area contributed by atoms with Crippen LogP contribution in [0, 0.1) is 6.92 Å². The maximum Gasteiger partial charge on any atom is 0.301 e. The average molecular weight is 280 g/mol. The lowest BCUT2D eigenvalue weighted by Gasteiger charge is -2.33. The maximum atomic E-state index is 11.6. The van der Waals surface area contributed by atoms with Crippen molar-refractivity contribution < 1.29 is 9.21 Å². The van der Waals surface area contributed by atoms with Gasteiger partial charge in [0.15, 0.2) is 5.76 Å². The van der Waals surface area contributed by atoms with E-state index in [-0.39, 0.29) is 5.91 Å². The Labute approximate surface area is 119 Å². The van der Waals surface area contributed by atoms with Gasteiger partial charge in [0.25, 0.3) is 0 Å². The Morgan fingerprint density at radius 3 is 2.85 bits per heavy atom. The van der Waals surface area contributed by atoms with Crippen LogP contribution in [0.4, 0.5) is 0 Å². The molecule has 2 rings (SSSR count). The third-order valence-corrected chi connectivity index (χ3v) is 3.90. The highest BCUT2D eigenvalue weighted by Crippen LogP contribution is 2.19. The van der Waals surface area contributed by atoms with Crippen LogP contribution in [0.1, 0.15) is 41.6 Å². The van der Waals surface area contributed by atoms with Gasteiger partial charge in [-0.2, -0.15) is 0 Å². The molecule has 0 bridgehead atoms. The molecule has 0 aliphatic carbocycles. The minimum atomic E-state index is -0.376. The second-order valence-electron chi connectivity index (χ2n) is 5.24. The number of carbonyl (C=O) groups is 1. The first-order chi connectivity index (χ1) is 9.65. The molecular formula is C14H24N4O2. The highest BCUT2D eigenvalue weighted by Gasteiger charge is 2.22. The molecule has 6 nitrogen and oxygen atoms in total. The summed E-state index contributed by atoms with van der Waals surface area (Å²) in [5, 5.41) is 3.38. The minimum Gasteiger partial charge on any atom is -0.454 e. The summed E-state index contributed by atoms with van der Waals surface area (Å²) < 4.78 is 5.64. The van der Waals surface area contributed by atoms with E-state index in [2.05, 4.69) is 22.6 Å². The second kappa shape index (κ2) is 6.88. The van der Waals surface area contributed by atoms with Gasteiger partial charge in [0.2, 0.25) is 0 Å². The highest BCUT2D eigenvalue weighted by molar-refractivity contribution is 5.92.